The largest absolute Gasteiger partial charge is 0.490 e. The minimum Gasteiger partial charge on any atom is -0.490 e. The van der Waals surface area contributed by atoms with Crippen LogP contribution < -0.4 is 15.6 Å². The lowest BCUT2D eigenvalue weighted by atomic mass is 9.98. The minimum absolute atomic E-state index is 0.185. The lowest BCUT2D eigenvalue weighted by molar-refractivity contribution is 0.0224. The zero-order valence-electron chi connectivity index (χ0n) is 20.0. The van der Waals surface area contributed by atoms with Gasteiger partial charge >= 0.3 is 11.7 Å². The molecule has 0 aliphatic carbocycles. The van der Waals surface area contributed by atoms with Gasteiger partial charge in [-0.1, -0.05) is 42.5 Å². The summed E-state index contributed by atoms with van der Waals surface area (Å²) in [6, 6.07) is 15.8. The van der Waals surface area contributed by atoms with Crippen LogP contribution in [-0.2, 0) is 24.2 Å². The van der Waals surface area contributed by atoms with E-state index in [1.54, 1.807) is 11.1 Å². The first kappa shape index (κ1) is 23.4. The summed E-state index contributed by atoms with van der Waals surface area (Å²) in [4.78, 5) is 31.0. The summed E-state index contributed by atoms with van der Waals surface area (Å²) in [6.07, 6.45) is 2.02. The van der Waals surface area contributed by atoms with Gasteiger partial charge in [0.15, 0.2) is 0 Å². The molecule has 2 heterocycles. The Morgan fingerprint density at radius 3 is 2.59 bits per heavy atom. The van der Waals surface area contributed by atoms with Gasteiger partial charge in [-0.25, -0.2) is 4.79 Å². The molecular weight excluding hydrogens is 432 g/mol. The average molecular weight is 463 g/mol. The zero-order chi connectivity index (χ0) is 24.3. The first-order valence-electron chi connectivity index (χ1n) is 11.3. The number of carbonyl (C=O) groups is 1. The highest BCUT2D eigenvalue weighted by Gasteiger charge is 2.27. The second kappa shape index (κ2) is 9.59. The molecule has 0 radical (unpaired) electrons. The van der Waals surface area contributed by atoms with Crippen LogP contribution in [0.5, 0.6) is 5.75 Å². The van der Waals surface area contributed by atoms with Crippen molar-refractivity contribution in [1.82, 2.24) is 14.5 Å². The molecule has 0 bridgehead atoms. The Balaban J connectivity index is 1.62. The number of benzene rings is 2. The van der Waals surface area contributed by atoms with Crippen LogP contribution in [0.1, 0.15) is 37.5 Å². The van der Waals surface area contributed by atoms with Gasteiger partial charge in [0.05, 0.1) is 19.9 Å². The Morgan fingerprint density at radius 1 is 1.12 bits per heavy atom. The van der Waals surface area contributed by atoms with Crippen molar-refractivity contribution in [2.75, 3.05) is 19.0 Å². The lowest BCUT2D eigenvalue weighted by Crippen LogP contribution is -2.40. The molecular formula is C26H30N4O4. The molecule has 0 spiro atoms. The van der Waals surface area contributed by atoms with E-state index in [2.05, 4.69) is 10.3 Å². The second-order valence-corrected chi connectivity index (χ2v) is 9.27. The predicted octanol–water partition coefficient (Wildman–Crippen LogP) is 4.34. The lowest BCUT2D eigenvalue weighted by Gasteiger charge is -2.32. The maximum absolute atomic E-state index is 12.5. The van der Waals surface area contributed by atoms with E-state index in [4.69, 9.17) is 9.47 Å². The Hall–Kier alpha value is -3.81. The Bertz CT molecular complexity index is 1230. The fourth-order valence-electron chi connectivity index (χ4n) is 3.94. The van der Waals surface area contributed by atoms with Gasteiger partial charge in [-0.15, -0.1) is 0 Å². The van der Waals surface area contributed by atoms with Gasteiger partial charge < -0.3 is 24.3 Å². The van der Waals surface area contributed by atoms with Crippen molar-refractivity contribution in [3.05, 3.63) is 81.8 Å². The van der Waals surface area contributed by atoms with Gasteiger partial charge in [0, 0.05) is 18.8 Å². The molecule has 1 aliphatic heterocycles. The van der Waals surface area contributed by atoms with Crippen LogP contribution in [-0.4, -0.2) is 39.8 Å². The number of amides is 1. The summed E-state index contributed by atoms with van der Waals surface area (Å²) < 4.78 is 12.6. The van der Waals surface area contributed by atoms with Gasteiger partial charge in [0.25, 0.3) is 0 Å². The topological polar surface area (TPSA) is 85.7 Å². The number of aromatic nitrogens is 2. The summed E-state index contributed by atoms with van der Waals surface area (Å²) in [6.45, 7) is 7.12. The zero-order valence-corrected chi connectivity index (χ0v) is 20.0. The van der Waals surface area contributed by atoms with Crippen LogP contribution >= 0.6 is 0 Å². The molecule has 1 aromatic heterocycles. The van der Waals surface area contributed by atoms with Crippen LogP contribution in [0.25, 0.3) is 0 Å². The third kappa shape index (κ3) is 5.39. The maximum Gasteiger partial charge on any atom is 0.410 e. The molecule has 8 nitrogen and oxygen atoms in total. The highest BCUT2D eigenvalue weighted by Crippen LogP contribution is 2.29. The van der Waals surface area contributed by atoms with Crippen molar-refractivity contribution in [2.45, 2.75) is 45.9 Å². The monoisotopic (exact) mass is 462 g/mol. The quantitative estimate of drug-likeness (QED) is 0.607. The molecule has 8 heteroatoms. The molecule has 0 unspecified atom stereocenters. The molecule has 0 saturated carbocycles. The average Bonchev–Trinajstić information content (AvgIpc) is 2.80. The normalized spacial score (nSPS) is 13.2. The SMILES string of the molecule is COc1cn(Cc2ccccc2)c(Nc2cccc3c2CCN(C(=O)OC(C)(C)C)C3)nc1=O. The van der Waals surface area contributed by atoms with Gasteiger partial charge in [-0.05, 0) is 49.9 Å². The third-order valence-corrected chi connectivity index (χ3v) is 5.54. The fourth-order valence-corrected chi connectivity index (χ4v) is 3.94. The summed E-state index contributed by atoms with van der Waals surface area (Å²) in [5, 5.41) is 3.36. The number of hydrogen-bond acceptors (Lipinski definition) is 6. The van der Waals surface area contributed by atoms with Crippen LogP contribution in [0.4, 0.5) is 16.4 Å². The molecule has 2 aromatic carbocycles. The summed E-state index contributed by atoms with van der Waals surface area (Å²) in [5.41, 5.74) is 3.09. The molecule has 0 saturated heterocycles. The Labute approximate surface area is 199 Å². The van der Waals surface area contributed by atoms with Gasteiger partial charge in [-0.2, -0.15) is 4.98 Å². The van der Waals surface area contributed by atoms with E-state index in [0.29, 0.717) is 32.0 Å². The standard InChI is InChI=1S/C26H30N4O4/c1-26(2,3)34-25(32)29-14-13-20-19(16-29)11-8-12-21(20)27-24-28-23(31)22(33-4)17-30(24)15-18-9-6-5-7-10-18/h5-12,17H,13-16H2,1-4H3,(H,27,28,31). The molecule has 3 aromatic rings. The molecule has 0 atom stereocenters. The molecule has 4 rings (SSSR count). The van der Waals surface area contributed by atoms with Crippen LogP contribution in [0.3, 0.4) is 0 Å². The molecule has 1 aliphatic rings. The smallest absolute Gasteiger partial charge is 0.410 e. The highest BCUT2D eigenvalue weighted by molar-refractivity contribution is 5.70. The van der Waals surface area contributed by atoms with Crippen LogP contribution in [0.2, 0.25) is 0 Å². The molecule has 1 N–H and O–H groups in total. The van der Waals surface area contributed by atoms with E-state index in [-0.39, 0.29) is 11.8 Å². The molecule has 1 amide bonds. The first-order valence-corrected chi connectivity index (χ1v) is 11.3. The number of fused-ring (bicyclic) bond motifs is 1. The number of anilines is 2. The van der Waals surface area contributed by atoms with E-state index in [1.165, 1.54) is 7.11 Å². The summed E-state index contributed by atoms with van der Waals surface area (Å²) >= 11 is 0. The number of nitrogens with zero attached hydrogens (tertiary/aromatic N) is 3. The van der Waals surface area contributed by atoms with Gasteiger partial charge in [0.2, 0.25) is 11.7 Å². The van der Waals surface area contributed by atoms with E-state index in [0.717, 1.165) is 22.4 Å². The fraction of sp³-hybridized carbons (Fsp3) is 0.346. The molecule has 34 heavy (non-hydrogen) atoms. The number of rotatable bonds is 5. The van der Waals surface area contributed by atoms with Crippen molar-refractivity contribution in [2.24, 2.45) is 0 Å². The highest BCUT2D eigenvalue weighted by atomic mass is 16.6. The molecule has 178 valence electrons. The van der Waals surface area contributed by atoms with Crippen molar-refractivity contribution in [3.8, 4) is 5.75 Å². The van der Waals surface area contributed by atoms with Crippen molar-refractivity contribution in [1.29, 1.82) is 0 Å². The first-order chi connectivity index (χ1) is 16.2. The molecule has 0 fully saturated rings. The van der Waals surface area contributed by atoms with Crippen molar-refractivity contribution < 1.29 is 14.3 Å². The van der Waals surface area contributed by atoms with Crippen LogP contribution in [0.15, 0.2) is 59.5 Å². The maximum atomic E-state index is 12.5. The van der Waals surface area contributed by atoms with Crippen molar-refractivity contribution in [3.63, 3.8) is 0 Å². The minimum atomic E-state index is -0.538. The summed E-state index contributed by atoms with van der Waals surface area (Å²) in [5.74, 6) is 0.613. The third-order valence-electron chi connectivity index (χ3n) is 5.54. The van der Waals surface area contributed by atoms with E-state index < -0.39 is 11.2 Å². The van der Waals surface area contributed by atoms with Gasteiger partial charge in [0.1, 0.15) is 5.60 Å². The van der Waals surface area contributed by atoms with E-state index in [1.807, 2.05) is 73.9 Å². The predicted molar refractivity (Wildman–Crippen MR) is 131 cm³/mol. The number of nitrogens with one attached hydrogen (secondary N) is 1. The number of methoxy groups -OCH3 is 1. The number of carbonyl (C=O) groups excluding carboxylic acids is 1. The Kier molecular flexibility index (Phi) is 6.58. The number of ether oxygens (including phenoxy) is 2. The number of hydrogen-bond donors (Lipinski definition) is 1. The Morgan fingerprint density at radius 2 is 1.88 bits per heavy atom. The van der Waals surface area contributed by atoms with E-state index in [9.17, 15) is 9.59 Å². The van der Waals surface area contributed by atoms with Gasteiger partial charge in [-0.3, -0.25) is 4.79 Å². The second-order valence-electron chi connectivity index (χ2n) is 9.27. The van der Waals surface area contributed by atoms with Crippen molar-refractivity contribution >= 4 is 17.7 Å². The van der Waals surface area contributed by atoms with Crippen LogP contribution in [0, 0.1) is 0 Å². The van der Waals surface area contributed by atoms with E-state index >= 15 is 0 Å². The summed E-state index contributed by atoms with van der Waals surface area (Å²) in [7, 11) is 1.46.